The number of rotatable bonds is 8. The summed E-state index contributed by atoms with van der Waals surface area (Å²) in [6.45, 7) is 8.89. The number of hydrogen-bond acceptors (Lipinski definition) is 4. The summed E-state index contributed by atoms with van der Waals surface area (Å²) >= 11 is 0. The molecule has 2 rings (SSSR count). The molecule has 26 heavy (non-hydrogen) atoms. The van der Waals surface area contributed by atoms with Crippen LogP contribution in [0.15, 0.2) is 23.1 Å². The van der Waals surface area contributed by atoms with Gasteiger partial charge in [-0.15, -0.1) is 0 Å². The number of carbonyl (C=O) groups excluding carboxylic acids is 1. The highest BCUT2D eigenvalue weighted by Crippen LogP contribution is 2.21. The summed E-state index contributed by atoms with van der Waals surface area (Å²) in [5, 5.41) is 6.30. The zero-order chi connectivity index (χ0) is 19.2. The van der Waals surface area contributed by atoms with Gasteiger partial charge in [-0.3, -0.25) is 4.79 Å². The molecular weight excluding hydrogens is 350 g/mol. The van der Waals surface area contributed by atoms with Crippen molar-refractivity contribution < 1.29 is 13.2 Å². The number of piperidine rings is 1. The summed E-state index contributed by atoms with van der Waals surface area (Å²) in [5.74, 6) is 0.380. The average molecular weight is 382 g/mol. The SMILES string of the molecule is CCN(CC)S(=O)(=O)c1cc(C(=O)NCCC2CCCNC2)ccc1C. The number of hydrogen-bond donors (Lipinski definition) is 2. The zero-order valence-corrected chi connectivity index (χ0v) is 16.9. The second-order valence-corrected chi connectivity index (χ2v) is 8.73. The normalized spacial score (nSPS) is 18.1. The lowest BCUT2D eigenvalue weighted by Gasteiger charge is -2.22. The number of aryl methyl sites for hydroxylation is 1. The molecule has 0 aliphatic carbocycles. The Labute approximate surface area is 157 Å². The minimum Gasteiger partial charge on any atom is -0.352 e. The fraction of sp³-hybridized carbons (Fsp3) is 0.632. The van der Waals surface area contributed by atoms with Gasteiger partial charge in [0.1, 0.15) is 0 Å². The molecule has 1 unspecified atom stereocenters. The van der Waals surface area contributed by atoms with Crippen LogP contribution < -0.4 is 10.6 Å². The molecule has 1 saturated heterocycles. The third kappa shape index (κ3) is 5.05. The summed E-state index contributed by atoms with van der Waals surface area (Å²) in [7, 11) is -3.58. The highest BCUT2D eigenvalue weighted by molar-refractivity contribution is 7.89. The molecule has 1 aliphatic rings. The first-order chi connectivity index (χ1) is 12.4. The standard InChI is InChI=1S/C19H31N3O3S/c1-4-22(5-2)26(24,25)18-13-17(9-8-15(18)3)19(23)21-12-10-16-7-6-11-20-14-16/h8-9,13,16,20H,4-7,10-12,14H2,1-3H3,(H,21,23). The van der Waals surface area contributed by atoms with Crippen LogP contribution in [0.5, 0.6) is 0 Å². The topological polar surface area (TPSA) is 78.5 Å². The Hall–Kier alpha value is -1.44. The van der Waals surface area contributed by atoms with Crippen LogP contribution in [-0.4, -0.2) is 51.4 Å². The second kappa shape index (κ2) is 9.48. The molecule has 0 saturated carbocycles. The number of carbonyl (C=O) groups is 1. The van der Waals surface area contributed by atoms with Crippen LogP contribution in [0, 0.1) is 12.8 Å². The van der Waals surface area contributed by atoms with Crippen LogP contribution in [-0.2, 0) is 10.0 Å². The van der Waals surface area contributed by atoms with Gasteiger partial charge in [0.2, 0.25) is 10.0 Å². The number of nitrogens with one attached hydrogen (secondary N) is 2. The molecule has 1 fully saturated rings. The van der Waals surface area contributed by atoms with E-state index in [1.54, 1.807) is 19.1 Å². The number of benzene rings is 1. The molecule has 146 valence electrons. The minimum absolute atomic E-state index is 0.213. The Morgan fingerprint density at radius 3 is 2.65 bits per heavy atom. The Bertz CT molecular complexity index is 709. The van der Waals surface area contributed by atoms with E-state index in [9.17, 15) is 13.2 Å². The molecule has 1 amide bonds. The predicted octanol–water partition coefficient (Wildman–Crippen LogP) is 2.15. The van der Waals surface area contributed by atoms with Crippen LogP contribution in [0.1, 0.15) is 49.0 Å². The Kier molecular flexibility index (Phi) is 7.61. The lowest BCUT2D eigenvalue weighted by atomic mass is 9.96. The van der Waals surface area contributed by atoms with E-state index in [2.05, 4.69) is 10.6 Å². The predicted molar refractivity (Wildman–Crippen MR) is 104 cm³/mol. The van der Waals surface area contributed by atoms with Gasteiger partial charge in [-0.2, -0.15) is 4.31 Å². The van der Waals surface area contributed by atoms with Crippen molar-refractivity contribution in [2.75, 3.05) is 32.7 Å². The Morgan fingerprint density at radius 2 is 2.04 bits per heavy atom. The molecule has 0 spiro atoms. The molecule has 1 aliphatic heterocycles. The third-order valence-electron chi connectivity index (χ3n) is 5.01. The highest BCUT2D eigenvalue weighted by atomic mass is 32.2. The van der Waals surface area contributed by atoms with Crippen molar-refractivity contribution in [2.45, 2.75) is 44.9 Å². The fourth-order valence-electron chi connectivity index (χ4n) is 3.38. The van der Waals surface area contributed by atoms with Gasteiger partial charge in [0.15, 0.2) is 0 Å². The molecule has 1 aromatic carbocycles. The van der Waals surface area contributed by atoms with Crippen molar-refractivity contribution in [3.8, 4) is 0 Å². The maximum Gasteiger partial charge on any atom is 0.251 e. The second-order valence-electron chi connectivity index (χ2n) is 6.83. The Morgan fingerprint density at radius 1 is 1.31 bits per heavy atom. The summed E-state index contributed by atoms with van der Waals surface area (Å²) in [6.07, 6.45) is 3.32. The van der Waals surface area contributed by atoms with Crippen molar-refractivity contribution >= 4 is 15.9 Å². The molecule has 1 heterocycles. The molecule has 0 radical (unpaired) electrons. The first kappa shape index (κ1) is 20.9. The monoisotopic (exact) mass is 381 g/mol. The third-order valence-corrected chi connectivity index (χ3v) is 7.20. The summed E-state index contributed by atoms with van der Waals surface area (Å²) < 4.78 is 27.0. The van der Waals surface area contributed by atoms with Crippen LogP contribution in [0.3, 0.4) is 0 Å². The molecule has 1 atom stereocenters. The van der Waals surface area contributed by atoms with Gasteiger partial charge >= 0.3 is 0 Å². The van der Waals surface area contributed by atoms with E-state index in [1.807, 2.05) is 13.8 Å². The molecule has 0 bridgehead atoms. The van der Waals surface area contributed by atoms with Crippen molar-refractivity contribution in [1.29, 1.82) is 0 Å². The van der Waals surface area contributed by atoms with E-state index in [4.69, 9.17) is 0 Å². The number of sulfonamides is 1. The van der Waals surface area contributed by atoms with E-state index in [1.165, 1.54) is 23.2 Å². The van der Waals surface area contributed by atoms with Gasteiger partial charge in [0.25, 0.3) is 5.91 Å². The zero-order valence-electron chi connectivity index (χ0n) is 16.0. The van der Waals surface area contributed by atoms with Crippen molar-refractivity contribution in [2.24, 2.45) is 5.92 Å². The number of amides is 1. The summed E-state index contributed by atoms with van der Waals surface area (Å²) in [5.41, 5.74) is 1.05. The molecule has 2 N–H and O–H groups in total. The van der Waals surface area contributed by atoms with E-state index in [-0.39, 0.29) is 10.8 Å². The first-order valence-corrected chi connectivity index (χ1v) is 10.9. The lowest BCUT2D eigenvalue weighted by Crippen LogP contribution is -2.33. The maximum atomic E-state index is 12.8. The fourth-order valence-corrected chi connectivity index (χ4v) is 5.09. The van der Waals surface area contributed by atoms with Gasteiger partial charge in [-0.1, -0.05) is 19.9 Å². The first-order valence-electron chi connectivity index (χ1n) is 9.49. The van der Waals surface area contributed by atoms with Crippen molar-refractivity contribution in [3.05, 3.63) is 29.3 Å². The molecule has 0 aromatic heterocycles. The van der Waals surface area contributed by atoms with Crippen LogP contribution >= 0.6 is 0 Å². The molecule has 7 heteroatoms. The van der Waals surface area contributed by atoms with Crippen LogP contribution in [0.2, 0.25) is 0 Å². The smallest absolute Gasteiger partial charge is 0.251 e. The largest absolute Gasteiger partial charge is 0.352 e. The van der Waals surface area contributed by atoms with Crippen LogP contribution in [0.25, 0.3) is 0 Å². The minimum atomic E-state index is -3.58. The lowest BCUT2D eigenvalue weighted by molar-refractivity contribution is 0.0950. The van der Waals surface area contributed by atoms with E-state index in [0.29, 0.717) is 36.7 Å². The Balaban J connectivity index is 2.06. The number of nitrogens with zero attached hydrogens (tertiary/aromatic N) is 1. The van der Waals surface area contributed by atoms with Gasteiger partial charge in [0.05, 0.1) is 4.90 Å². The van der Waals surface area contributed by atoms with Crippen molar-refractivity contribution in [1.82, 2.24) is 14.9 Å². The van der Waals surface area contributed by atoms with E-state index < -0.39 is 10.0 Å². The van der Waals surface area contributed by atoms with Gasteiger partial charge in [-0.25, -0.2) is 8.42 Å². The van der Waals surface area contributed by atoms with Crippen molar-refractivity contribution in [3.63, 3.8) is 0 Å². The molecule has 1 aromatic rings. The molecule has 6 nitrogen and oxygen atoms in total. The quantitative estimate of drug-likeness (QED) is 0.723. The van der Waals surface area contributed by atoms with Gasteiger partial charge in [-0.05, 0) is 62.9 Å². The highest BCUT2D eigenvalue weighted by Gasteiger charge is 2.24. The van der Waals surface area contributed by atoms with Crippen LogP contribution in [0.4, 0.5) is 0 Å². The molecular formula is C19H31N3O3S. The van der Waals surface area contributed by atoms with E-state index >= 15 is 0 Å². The maximum absolute atomic E-state index is 12.8. The van der Waals surface area contributed by atoms with Gasteiger partial charge in [0, 0.05) is 25.2 Å². The summed E-state index contributed by atoms with van der Waals surface area (Å²) in [4.78, 5) is 12.7. The van der Waals surface area contributed by atoms with E-state index in [0.717, 1.165) is 19.5 Å². The van der Waals surface area contributed by atoms with Gasteiger partial charge < -0.3 is 10.6 Å². The summed E-state index contributed by atoms with van der Waals surface area (Å²) in [6, 6.07) is 4.89. The average Bonchev–Trinajstić information content (AvgIpc) is 2.63.